The molecule has 0 aliphatic rings. The van der Waals surface area contributed by atoms with Gasteiger partial charge in [-0.3, -0.25) is 4.79 Å². The Morgan fingerprint density at radius 1 is 1.15 bits per heavy atom. The van der Waals surface area contributed by atoms with Gasteiger partial charge in [0, 0.05) is 5.69 Å². The third-order valence-electron chi connectivity index (χ3n) is 4.08. The molecular formula is C20H26N2O4. The van der Waals surface area contributed by atoms with Gasteiger partial charge in [-0.2, -0.15) is 0 Å². The number of hydrogen-bond donors (Lipinski definition) is 2. The Hall–Kier alpha value is -2.76. The molecule has 0 atom stereocenters. The predicted octanol–water partition coefficient (Wildman–Crippen LogP) is 3.18. The number of H-pyrrole nitrogens is 1. The Morgan fingerprint density at radius 3 is 2.46 bits per heavy atom. The summed E-state index contributed by atoms with van der Waals surface area (Å²) in [5.74, 6) is 0.0865. The highest BCUT2D eigenvalue weighted by molar-refractivity contribution is 6.00. The monoisotopic (exact) mass is 358 g/mol. The number of amides is 1. The van der Waals surface area contributed by atoms with Crippen molar-refractivity contribution in [1.29, 1.82) is 0 Å². The van der Waals surface area contributed by atoms with Crippen LogP contribution in [-0.4, -0.2) is 37.1 Å². The zero-order valence-corrected chi connectivity index (χ0v) is 15.8. The van der Waals surface area contributed by atoms with Gasteiger partial charge >= 0.3 is 5.97 Å². The van der Waals surface area contributed by atoms with Crippen LogP contribution in [0.3, 0.4) is 0 Å². The molecule has 0 aliphatic heterocycles. The molecule has 0 unspecified atom stereocenters. The van der Waals surface area contributed by atoms with Gasteiger partial charge in [0.15, 0.2) is 0 Å². The molecule has 0 bridgehead atoms. The summed E-state index contributed by atoms with van der Waals surface area (Å²) in [5, 5.41) is 2.83. The number of benzene rings is 1. The summed E-state index contributed by atoms with van der Waals surface area (Å²) in [6.45, 7) is 6.51. The molecule has 2 N–H and O–H groups in total. The van der Waals surface area contributed by atoms with Gasteiger partial charge in [0.05, 0.1) is 19.2 Å². The van der Waals surface area contributed by atoms with Crippen LogP contribution in [0.15, 0.2) is 24.3 Å². The van der Waals surface area contributed by atoms with E-state index < -0.39 is 5.97 Å². The quantitative estimate of drug-likeness (QED) is 0.561. The summed E-state index contributed by atoms with van der Waals surface area (Å²) in [6, 6.07) is 7.74. The number of nitrogens with one attached hydrogen (secondary N) is 2. The molecule has 6 heteroatoms. The van der Waals surface area contributed by atoms with Gasteiger partial charge in [-0.05, 0) is 38.0 Å². The minimum atomic E-state index is -0.427. The fourth-order valence-corrected chi connectivity index (χ4v) is 2.81. The molecule has 1 amide bonds. The van der Waals surface area contributed by atoms with Crippen molar-refractivity contribution >= 4 is 11.9 Å². The number of ether oxygens (including phenoxy) is 2. The number of carbonyl (C=O) groups is 2. The number of aromatic nitrogens is 1. The first-order valence-electron chi connectivity index (χ1n) is 8.75. The maximum atomic E-state index is 12.5. The van der Waals surface area contributed by atoms with Gasteiger partial charge in [-0.25, -0.2) is 4.79 Å². The number of carbonyl (C=O) groups excluding carboxylic acids is 2. The van der Waals surface area contributed by atoms with Crippen molar-refractivity contribution in [3.05, 3.63) is 52.3 Å². The average Bonchev–Trinajstić information content (AvgIpc) is 2.96. The Bertz CT molecular complexity index is 763. The van der Waals surface area contributed by atoms with E-state index in [0.717, 1.165) is 17.7 Å². The SMILES string of the molecule is CCCc1c(C(=O)NCCOc2ccc(C)cc2)[nH]c(C)c1C(=O)OC. The number of hydrogen-bond acceptors (Lipinski definition) is 4. The molecular weight excluding hydrogens is 332 g/mol. The summed E-state index contributed by atoms with van der Waals surface area (Å²) >= 11 is 0. The van der Waals surface area contributed by atoms with E-state index in [9.17, 15) is 9.59 Å². The van der Waals surface area contributed by atoms with Crippen LogP contribution in [0.5, 0.6) is 5.75 Å². The van der Waals surface area contributed by atoms with Gasteiger partial charge in [-0.1, -0.05) is 31.0 Å². The zero-order chi connectivity index (χ0) is 19.1. The molecule has 6 nitrogen and oxygen atoms in total. The van der Waals surface area contributed by atoms with Crippen molar-refractivity contribution in [3.8, 4) is 5.75 Å². The van der Waals surface area contributed by atoms with Crippen LogP contribution >= 0.6 is 0 Å². The van der Waals surface area contributed by atoms with E-state index in [1.807, 2.05) is 38.1 Å². The molecule has 0 spiro atoms. The largest absolute Gasteiger partial charge is 0.492 e. The second-order valence-electron chi connectivity index (χ2n) is 6.14. The third-order valence-corrected chi connectivity index (χ3v) is 4.08. The van der Waals surface area contributed by atoms with E-state index in [1.54, 1.807) is 6.92 Å². The van der Waals surface area contributed by atoms with Crippen LogP contribution in [0, 0.1) is 13.8 Å². The molecule has 1 aromatic heterocycles. The van der Waals surface area contributed by atoms with Crippen molar-refractivity contribution < 1.29 is 19.1 Å². The molecule has 0 fully saturated rings. The number of aryl methyl sites for hydroxylation is 2. The third kappa shape index (κ3) is 4.65. The molecule has 2 rings (SSSR count). The van der Waals surface area contributed by atoms with Gasteiger partial charge in [-0.15, -0.1) is 0 Å². The van der Waals surface area contributed by atoms with Crippen LogP contribution in [0.4, 0.5) is 0 Å². The van der Waals surface area contributed by atoms with Crippen molar-refractivity contribution in [3.63, 3.8) is 0 Å². The second kappa shape index (κ2) is 9.08. The highest BCUT2D eigenvalue weighted by Gasteiger charge is 2.24. The fraction of sp³-hybridized carbons (Fsp3) is 0.400. The van der Waals surface area contributed by atoms with Gasteiger partial charge in [0.2, 0.25) is 0 Å². The predicted molar refractivity (Wildman–Crippen MR) is 99.9 cm³/mol. The van der Waals surface area contributed by atoms with Crippen molar-refractivity contribution in [2.75, 3.05) is 20.3 Å². The lowest BCUT2D eigenvalue weighted by Gasteiger charge is -2.09. The molecule has 0 saturated heterocycles. The Morgan fingerprint density at radius 2 is 1.85 bits per heavy atom. The average molecular weight is 358 g/mol. The Kier molecular flexibility index (Phi) is 6.83. The first kappa shape index (κ1) is 19.6. The molecule has 140 valence electrons. The van der Waals surface area contributed by atoms with Crippen LogP contribution in [0.2, 0.25) is 0 Å². The summed E-state index contributed by atoms with van der Waals surface area (Å²) < 4.78 is 10.5. The van der Waals surface area contributed by atoms with E-state index in [2.05, 4.69) is 10.3 Å². The lowest BCUT2D eigenvalue weighted by Crippen LogP contribution is -2.29. The van der Waals surface area contributed by atoms with E-state index in [1.165, 1.54) is 7.11 Å². The standard InChI is InChI=1S/C20H26N2O4/c1-5-6-16-17(20(24)25-4)14(3)22-18(16)19(23)21-11-12-26-15-9-7-13(2)8-10-15/h7-10,22H,5-6,11-12H2,1-4H3,(H,21,23). The molecule has 2 aromatic rings. The lowest BCUT2D eigenvalue weighted by atomic mass is 10.0. The topological polar surface area (TPSA) is 80.4 Å². The zero-order valence-electron chi connectivity index (χ0n) is 15.8. The Balaban J connectivity index is 2.00. The molecule has 0 saturated carbocycles. The van der Waals surface area contributed by atoms with Crippen LogP contribution in [-0.2, 0) is 11.2 Å². The molecule has 0 radical (unpaired) electrons. The van der Waals surface area contributed by atoms with E-state index in [4.69, 9.17) is 9.47 Å². The number of aromatic amines is 1. The minimum absolute atomic E-state index is 0.251. The lowest BCUT2D eigenvalue weighted by molar-refractivity contribution is 0.0599. The maximum absolute atomic E-state index is 12.5. The van der Waals surface area contributed by atoms with E-state index in [0.29, 0.717) is 42.1 Å². The summed E-state index contributed by atoms with van der Waals surface area (Å²) in [4.78, 5) is 27.6. The van der Waals surface area contributed by atoms with Crippen LogP contribution < -0.4 is 10.1 Å². The normalized spacial score (nSPS) is 10.5. The molecule has 26 heavy (non-hydrogen) atoms. The van der Waals surface area contributed by atoms with Crippen LogP contribution in [0.25, 0.3) is 0 Å². The van der Waals surface area contributed by atoms with Gasteiger partial charge in [0.25, 0.3) is 5.91 Å². The fourth-order valence-electron chi connectivity index (χ4n) is 2.81. The summed E-state index contributed by atoms with van der Waals surface area (Å²) in [6.07, 6.45) is 1.44. The van der Waals surface area contributed by atoms with Crippen molar-refractivity contribution in [2.45, 2.75) is 33.6 Å². The Labute approximate surface area is 153 Å². The highest BCUT2D eigenvalue weighted by atomic mass is 16.5. The minimum Gasteiger partial charge on any atom is -0.492 e. The van der Waals surface area contributed by atoms with E-state index >= 15 is 0 Å². The highest BCUT2D eigenvalue weighted by Crippen LogP contribution is 2.21. The molecule has 0 aliphatic carbocycles. The van der Waals surface area contributed by atoms with Crippen molar-refractivity contribution in [2.24, 2.45) is 0 Å². The first-order chi connectivity index (χ1) is 12.5. The molecule has 1 heterocycles. The maximum Gasteiger partial charge on any atom is 0.339 e. The van der Waals surface area contributed by atoms with Gasteiger partial charge in [0.1, 0.15) is 18.1 Å². The first-order valence-corrected chi connectivity index (χ1v) is 8.75. The van der Waals surface area contributed by atoms with Gasteiger partial charge < -0.3 is 19.8 Å². The number of rotatable bonds is 8. The summed E-state index contributed by atoms with van der Waals surface area (Å²) in [7, 11) is 1.34. The number of methoxy groups -OCH3 is 1. The number of esters is 1. The van der Waals surface area contributed by atoms with Crippen LogP contribution in [0.1, 0.15) is 51.0 Å². The second-order valence-corrected chi connectivity index (χ2v) is 6.14. The van der Waals surface area contributed by atoms with E-state index in [-0.39, 0.29) is 5.91 Å². The van der Waals surface area contributed by atoms with Crippen molar-refractivity contribution in [1.82, 2.24) is 10.3 Å². The smallest absolute Gasteiger partial charge is 0.339 e. The summed E-state index contributed by atoms with van der Waals surface area (Å²) in [5.41, 5.74) is 3.38. The molecule has 1 aromatic carbocycles.